The van der Waals surface area contributed by atoms with Gasteiger partial charge in [-0.05, 0) is 93.9 Å². The third-order valence-corrected chi connectivity index (χ3v) is 9.01. The molecule has 1 aliphatic heterocycles. The van der Waals surface area contributed by atoms with Crippen molar-refractivity contribution in [3.63, 3.8) is 0 Å². The standard InChI is InChI=1S/C29H39N5/c1-18(2)25-26(22-13-19(3)31-20(4)14-22)32-23-15-21-5-12-34(16-24(21)33-27(23)25)17-28-6-9-29(30,10-7-28)11-8-28/h13-15,18,32H,5-12,16-17,30H2,1-4H3. The average molecular weight is 458 g/mol. The second-order valence-electron chi connectivity index (χ2n) is 12.0. The zero-order valence-electron chi connectivity index (χ0n) is 21.3. The van der Waals surface area contributed by atoms with Crippen molar-refractivity contribution >= 4 is 11.0 Å². The Labute approximate surface area is 203 Å². The molecule has 0 saturated heterocycles. The smallest absolute Gasteiger partial charge is 0.0924 e. The maximum atomic E-state index is 6.57. The molecule has 0 atom stereocenters. The number of nitrogens with zero attached hydrogens (tertiary/aromatic N) is 3. The number of hydrogen-bond donors (Lipinski definition) is 2. The number of H-pyrrole nitrogens is 1. The summed E-state index contributed by atoms with van der Waals surface area (Å²) < 4.78 is 0. The predicted molar refractivity (Wildman–Crippen MR) is 139 cm³/mol. The number of pyridine rings is 2. The van der Waals surface area contributed by atoms with E-state index in [0.717, 1.165) is 36.4 Å². The van der Waals surface area contributed by atoms with Gasteiger partial charge in [0.05, 0.1) is 22.4 Å². The van der Waals surface area contributed by atoms with E-state index < -0.39 is 0 Å². The molecular weight excluding hydrogens is 418 g/mol. The summed E-state index contributed by atoms with van der Waals surface area (Å²) in [5.41, 5.74) is 18.1. The lowest BCUT2D eigenvalue weighted by Crippen LogP contribution is -2.55. The molecule has 3 fully saturated rings. The van der Waals surface area contributed by atoms with E-state index in [4.69, 9.17) is 10.7 Å². The van der Waals surface area contributed by atoms with Crippen LogP contribution in [-0.4, -0.2) is 38.5 Å². The molecule has 0 spiro atoms. The fourth-order valence-corrected chi connectivity index (χ4v) is 7.04. The Kier molecular flexibility index (Phi) is 5.16. The van der Waals surface area contributed by atoms with E-state index in [2.05, 4.69) is 60.8 Å². The quantitative estimate of drug-likeness (QED) is 0.521. The lowest BCUT2D eigenvalue weighted by molar-refractivity contribution is 0.00840. The van der Waals surface area contributed by atoms with E-state index in [9.17, 15) is 0 Å². The van der Waals surface area contributed by atoms with Crippen molar-refractivity contribution in [2.45, 2.75) is 90.6 Å². The molecule has 3 aliphatic carbocycles. The normalized spacial score (nSPS) is 27.0. The molecule has 0 aromatic carbocycles. The van der Waals surface area contributed by atoms with Gasteiger partial charge in [-0.15, -0.1) is 0 Å². The van der Waals surface area contributed by atoms with Crippen LogP contribution in [0.2, 0.25) is 0 Å². The summed E-state index contributed by atoms with van der Waals surface area (Å²) >= 11 is 0. The van der Waals surface area contributed by atoms with Crippen LogP contribution >= 0.6 is 0 Å². The summed E-state index contributed by atoms with van der Waals surface area (Å²) in [6.07, 6.45) is 8.67. The lowest BCUT2D eigenvalue weighted by Gasteiger charge is -2.53. The van der Waals surface area contributed by atoms with Gasteiger partial charge in [0, 0.05) is 47.7 Å². The first-order valence-electron chi connectivity index (χ1n) is 13.2. The molecule has 7 rings (SSSR count). The predicted octanol–water partition coefficient (Wildman–Crippen LogP) is 5.77. The van der Waals surface area contributed by atoms with E-state index in [1.807, 2.05) is 0 Å². The van der Waals surface area contributed by atoms with Crippen molar-refractivity contribution in [2.75, 3.05) is 13.1 Å². The topological polar surface area (TPSA) is 70.8 Å². The Morgan fingerprint density at radius 1 is 1.00 bits per heavy atom. The number of fused-ring (bicyclic) bond motifs is 5. The highest BCUT2D eigenvalue weighted by atomic mass is 15.1. The van der Waals surface area contributed by atoms with E-state index in [-0.39, 0.29) is 5.54 Å². The molecule has 5 heteroatoms. The molecule has 0 radical (unpaired) electrons. The highest BCUT2D eigenvalue weighted by Crippen LogP contribution is 2.51. The molecule has 5 nitrogen and oxygen atoms in total. The van der Waals surface area contributed by atoms with Gasteiger partial charge in [-0.2, -0.15) is 0 Å². The Bertz CT molecular complexity index is 1210. The van der Waals surface area contributed by atoms with Crippen molar-refractivity contribution in [2.24, 2.45) is 11.1 Å². The zero-order valence-corrected chi connectivity index (χ0v) is 21.3. The lowest BCUT2D eigenvalue weighted by atomic mass is 9.57. The molecule has 4 aliphatic rings. The van der Waals surface area contributed by atoms with Gasteiger partial charge in [-0.25, -0.2) is 4.98 Å². The number of nitrogens with one attached hydrogen (secondary N) is 1. The van der Waals surface area contributed by atoms with Gasteiger partial charge < -0.3 is 10.7 Å². The van der Waals surface area contributed by atoms with Gasteiger partial charge in [0.2, 0.25) is 0 Å². The number of hydrogen-bond acceptors (Lipinski definition) is 4. The van der Waals surface area contributed by atoms with Crippen molar-refractivity contribution in [3.05, 3.63) is 46.4 Å². The minimum absolute atomic E-state index is 0.147. The molecule has 3 aromatic rings. The van der Waals surface area contributed by atoms with E-state index in [0.29, 0.717) is 11.3 Å². The minimum atomic E-state index is 0.147. The first kappa shape index (κ1) is 22.2. The van der Waals surface area contributed by atoms with Crippen LogP contribution in [0.5, 0.6) is 0 Å². The number of aromatic amines is 1. The molecule has 3 aromatic heterocycles. The molecule has 0 unspecified atom stereocenters. The van der Waals surface area contributed by atoms with Gasteiger partial charge in [0.15, 0.2) is 0 Å². The second-order valence-corrected chi connectivity index (χ2v) is 12.0. The Morgan fingerprint density at radius 3 is 2.32 bits per heavy atom. The summed E-state index contributed by atoms with van der Waals surface area (Å²) in [5, 5.41) is 0. The number of aryl methyl sites for hydroxylation is 2. The molecule has 3 N–H and O–H groups in total. The molecule has 4 heterocycles. The Hall–Kier alpha value is -2.24. The zero-order chi connectivity index (χ0) is 23.7. The second kappa shape index (κ2) is 7.89. The van der Waals surface area contributed by atoms with Gasteiger partial charge >= 0.3 is 0 Å². The maximum absolute atomic E-state index is 6.57. The van der Waals surface area contributed by atoms with Crippen LogP contribution in [0.15, 0.2) is 18.2 Å². The van der Waals surface area contributed by atoms with Crippen molar-refractivity contribution in [1.82, 2.24) is 19.9 Å². The highest BCUT2D eigenvalue weighted by molar-refractivity contribution is 5.89. The third kappa shape index (κ3) is 3.77. The van der Waals surface area contributed by atoms with E-state index >= 15 is 0 Å². The van der Waals surface area contributed by atoms with Crippen molar-refractivity contribution in [3.8, 4) is 11.3 Å². The Balaban J connectivity index is 1.33. The monoisotopic (exact) mass is 457 g/mol. The van der Waals surface area contributed by atoms with Crippen LogP contribution in [0.3, 0.4) is 0 Å². The first-order chi connectivity index (χ1) is 16.2. The fraction of sp³-hybridized carbons (Fsp3) is 0.586. The summed E-state index contributed by atoms with van der Waals surface area (Å²) in [6.45, 7) is 12.0. The molecular formula is C29H39N5. The number of rotatable bonds is 4. The third-order valence-electron chi connectivity index (χ3n) is 9.01. The molecule has 2 bridgehead atoms. The Morgan fingerprint density at radius 2 is 1.68 bits per heavy atom. The maximum Gasteiger partial charge on any atom is 0.0924 e. The number of nitrogens with two attached hydrogens (primary N) is 1. The SMILES string of the molecule is Cc1cc(-c2[nH]c3cc4c(nc3c2C(C)C)CN(CC23CCC(N)(CC2)CC3)CC4)cc(C)n1. The molecule has 34 heavy (non-hydrogen) atoms. The first-order valence-corrected chi connectivity index (χ1v) is 13.2. The van der Waals surface area contributed by atoms with E-state index in [1.165, 1.54) is 78.7 Å². The molecule has 3 saturated carbocycles. The molecule has 180 valence electrons. The number of aromatic nitrogens is 3. The minimum Gasteiger partial charge on any atom is -0.353 e. The summed E-state index contributed by atoms with van der Waals surface area (Å²) in [5.74, 6) is 0.391. The van der Waals surface area contributed by atoms with Gasteiger partial charge in [-0.1, -0.05) is 13.8 Å². The van der Waals surface area contributed by atoms with Gasteiger partial charge in [0.25, 0.3) is 0 Å². The summed E-state index contributed by atoms with van der Waals surface area (Å²) in [4.78, 5) is 16.4. The average Bonchev–Trinajstić information content (AvgIpc) is 3.17. The van der Waals surface area contributed by atoms with Gasteiger partial charge in [0.1, 0.15) is 0 Å². The van der Waals surface area contributed by atoms with Crippen LogP contribution in [-0.2, 0) is 13.0 Å². The highest BCUT2D eigenvalue weighted by Gasteiger charge is 2.47. The summed E-state index contributed by atoms with van der Waals surface area (Å²) in [7, 11) is 0. The van der Waals surface area contributed by atoms with Crippen molar-refractivity contribution < 1.29 is 0 Å². The largest absolute Gasteiger partial charge is 0.353 e. The van der Waals surface area contributed by atoms with Crippen LogP contribution in [0.4, 0.5) is 0 Å². The molecule has 0 amide bonds. The van der Waals surface area contributed by atoms with Crippen LogP contribution in [0, 0.1) is 19.3 Å². The van der Waals surface area contributed by atoms with Crippen molar-refractivity contribution in [1.29, 1.82) is 0 Å². The van der Waals surface area contributed by atoms with Crippen LogP contribution in [0.25, 0.3) is 22.3 Å². The van der Waals surface area contributed by atoms with Gasteiger partial charge in [-0.3, -0.25) is 9.88 Å². The summed E-state index contributed by atoms with van der Waals surface area (Å²) in [6, 6.07) is 6.76. The van der Waals surface area contributed by atoms with Crippen LogP contribution in [0.1, 0.15) is 86.5 Å². The fourth-order valence-electron chi connectivity index (χ4n) is 7.04. The van der Waals surface area contributed by atoms with E-state index in [1.54, 1.807) is 0 Å². The van der Waals surface area contributed by atoms with Crippen LogP contribution < -0.4 is 5.73 Å².